The molecule has 8 nitrogen and oxygen atoms in total. The van der Waals surface area contributed by atoms with Crippen molar-refractivity contribution < 1.29 is 14.7 Å². The van der Waals surface area contributed by atoms with Gasteiger partial charge in [0.15, 0.2) is 0 Å². The third kappa shape index (κ3) is 4.68. The summed E-state index contributed by atoms with van der Waals surface area (Å²) in [5, 5.41) is 12.8. The van der Waals surface area contributed by atoms with Crippen molar-refractivity contribution in [3.63, 3.8) is 0 Å². The van der Waals surface area contributed by atoms with Gasteiger partial charge in [0, 0.05) is 61.5 Å². The topological polar surface area (TPSA) is 100 Å². The fraction of sp³-hybridized carbons (Fsp3) is 0.391. The zero-order valence-electron chi connectivity index (χ0n) is 17.5. The first-order valence-corrected chi connectivity index (χ1v) is 10.8. The van der Waals surface area contributed by atoms with Crippen LogP contribution in [0.1, 0.15) is 43.4 Å². The van der Waals surface area contributed by atoms with Crippen LogP contribution >= 0.6 is 0 Å². The summed E-state index contributed by atoms with van der Waals surface area (Å²) in [6, 6.07) is 9.94. The van der Waals surface area contributed by atoms with Gasteiger partial charge in [-0.15, -0.1) is 0 Å². The van der Waals surface area contributed by atoms with E-state index in [1.54, 1.807) is 18.5 Å². The minimum Gasteiger partial charge on any atom is -0.481 e. The number of aromatic nitrogens is 3. The molecule has 0 unspecified atom stereocenters. The Hall–Kier alpha value is -3.42. The van der Waals surface area contributed by atoms with E-state index >= 15 is 0 Å². The highest BCUT2D eigenvalue weighted by molar-refractivity contribution is 5.88. The summed E-state index contributed by atoms with van der Waals surface area (Å²) in [6.45, 7) is 1.80. The van der Waals surface area contributed by atoms with Crippen molar-refractivity contribution in [3.8, 4) is 5.95 Å². The maximum atomic E-state index is 12.7. The Labute approximate surface area is 180 Å². The average Bonchev–Trinajstić information content (AvgIpc) is 3.12. The van der Waals surface area contributed by atoms with Gasteiger partial charge in [0.25, 0.3) is 0 Å². The molecule has 1 aliphatic rings. The van der Waals surface area contributed by atoms with E-state index in [-0.39, 0.29) is 12.5 Å². The number of para-hydroxylation sites is 1. The van der Waals surface area contributed by atoms with Crippen molar-refractivity contribution >= 4 is 22.9 Å². The number of hydrogen-bond acceptors (Lipinski definition) is 4. The Morgan fingerprint density at radius 1 is 1.03 bits per heavy atom. The molecule has 0 fully saturated rings. The fourth-order valence-corrected chi connectivity index (χ4v) is 4.18. The normalized spacial score (nSPS) is 13.2. The summed E-state index contributed by atoms with van der Waals surface area (Å²) < 4.78 is 2.11. The molecule has 2 aromatic heterocycles. The summed E-state index contributed by atoms with van der Waals surface area (Å²) in [4.78, 5) is 34.0. The van der Waals surface area contributed by atoms with Crippen LogP contribution in [-0.4, -0.2) is 49.6 Å². The number of carbonyl (C=O) groups excluding carboxylic acids is 1. The highest BCUT2D eigenvalue weighted by atomic mass is 16.4. The van der Waals surface area contributed by atoms with Crippen LogP contribution < -0.4 is 5.32 Å². The number of unbranched alkanes of at least 4 members (excludes halogenated alkanes) is 3. The molecule has 3 aromatic rings. The number of urea groups is 1. The van der Waals surface area contributed by atoms with Crippen molar-refractivity contribution in [2.45, 2.75) is 45.1 Å². The molecule has 0 aliphatic carbocycles. The predicted octanol–water partition coefficient (Wildman–Crippen LogP) is 3.52. The summed E-state index contributed by atoms with van der Waals surface area (Å²) in [7, 11) is 0. The molecule has 31 heavy (non-hydrogen) atoms. The van der Waals surface area contributed by atoms with E-state index in [2.05, 4.69) is 32.0 Å². The van der Waals surface area contributed by atoms with Crippen molar-refractivity contribution in [1.82, 2.24) is 24.8 Å². The van der Waals surface area contributed by atoms with Crippen LogP contribution in [0.5, 0.6) is 0 Å². The fourth-order valence-electron chi connectivity index (χ4n) is 4.18. The van der Waals surface area contributed by atoms with Gasteiger partial charge in [0.1, 0.15) is 0 Å². The number of amides is 2. The van der Waals surface area contributed by atoms with Gasteiger partial charge in [0.05, 0.1) is 5.52 Å². The summed E-state index contributed by atoms with van der Waals surface area (Å²) in [5.41, 5.74) is 3.37. The first-order chi connectivity index (χ1) is 15.1. The minimum absolute atomic E-state index is 0.0519. The molecule has 8 heteroatoms. The van der Waals surface area contributed by atoms with Gasteiger partial charge in [-0.1, -0.05) is 31.0 Å². The molecule has 0 radical (unpaired) electrons. The number of carbonyl (C=O) groups is 2. The second-order valence-corrected chi connectivity index (χ2v) is 7.79. The average molecular weight is 422 g/mol. The summed E-state index contributed by atoms with van der Waals surface area (Å²) in [6.07, 6.45) is 7.78. The quantitative estimate of drug-likeness (QED) is 0.542. The van der Waals surface area contributed by atoms with Gasteiger partial charge in [-0.3, -0.25) is 9.36 Å². The third-order valence-electron chi connectivity index (χ3n) is 5.69. The van der Waals surface area contributed by atoms with Crippen LogP contribution in [0.4, 0.5) is 4.79 Å². The van der Waals surface area contributed by atoms with Crippen molar-refractivity contribution in [3.05, 3.63) is 54.0 Å². The number of benzene rings is 1. The second-order valence-electron chi connectivity index (χ2n) is 7.79. The lowest BCUT2D eigenvalue weighted by Crippen LogP contribution is -2.43. The number of fused-ring (bicyclic) bond motifs is 3. The Morgan fingerprint density at radius 2 is 1.81 bits per heavy atom. The summed E-state index contributed by atoms with van der Waals surface area (Å²) >= 11 is 0. The molecule has 0 saturated heterocycles. The number of hydrogen-bond donors (Lipinski definition) is 2. The SMILES string of the molecule is O=C(O)CCCCCCNC(=O)N1CCc2c(c3ccccc3n2-c2ncccn2)C1. The Kier molecular flexibility index (Phi) is 6.45. The number of nitrogens with one attached hydrogen (secondary N) is 1. The third-order valence-corrected chi connectivity index (χ3v) is 5.69. The van der Waals surface area contributed by atoms with Gasteiger partial charge in [0.2, 0.25) is 5.95 Å². The highest BCUT2D eigenvalue weighted by Gasteiger charge is 2.27. The molecule has 3 heterocycles. The molecule has 162 valence electrons. The molecular formula is C23H27N5O3. The van der Waals surface area contributed by atoms with Gasteiger partial charge >= 0.3 is 12.0 Å². The Balaban J connectivity index is 1.41. The molecule has 0 spiro atoms. The van der Waals surface area contributed by atoms with Gasteiger partial charge < -0.3 is 15.3 Å². The molecule has 0 bridgehead atoms. The van der Waals surface area contributed by atoms with Crippen molar-refractivity contribution in [2.75, 3.05) is 13.1 Å². The van der Waals surface area contributed by atoms with Crippen molar-refractivity contribution in [2.24, 2.45) is 0 Å². The molecule has 0 saturated carbocycles. The highest BCUT2D eigenvalue weighted by Crippen LogP contribution is 2.32. The number of nitrogens with zero attached hydrogens (tertiary/aromatic N) is 4. The van der Waals surface area contributed by atoms with E-state index in [1.807, 2.05) is 17.0 Å². The van der Waals surface area contributed by atoms with Crippen molar-refractivity contribution in [1.29, 1.82) is 0 Å². The molecule has 4 rings (SSSR count). The van der Waals surface area contributed by atoms with E-state index in [1.165, 1.54) is 0 Å². The Bertz CT molecular complexity index is 1060. The lowest BCUT2D eigenvalue weighted by Gasteiger charge is -2.28. The lowest BCUT2D eigenvalue weighted by atomic mass is 10.0. The first kappa shape index (κ1) is 20.8. The van der Waals surface area contributed by atoms with Crippen LogP contribution in [0, 0.1) is 0 Å². The van der Waals surface area contributed by atoms with E-state index in [0.717, 1.165) is 47.8 Å². The van der Waals surface area contributed by atoms with Gasteiger partial charge in [-0.25, -0.2) is 14.8 Å². The van der Waals surface area contributed by atoms with Crippen LogP contribution in [0.2, 0.25) is 0 Å². The summed E-state index contributed by atoms with van der Waals surface area (Å²) in [5.74, 6) is -0.0984. The first-order valence-electron chi connectivity index (χ1n) is 10.8. The van der Waals surface area contributed by atoms with E-state index in [4.69, 9.17) is 5.11 Å². The molecule has 2 N–H and O–H groups in total. The predicted molar refractivity (Wildman–Crippen MR) is 117 cm³/mol. The maximum Gasteiger partial charge on any atom is 0.317 e. The molecule has 0 atom stereocenters. The molecule has 1 aromatic carbocycles. The van der Waals surface area contributed by atoms with Gasteiger partial charge in [-0.05, 0) is 25.0 Å². The zero-order chi connectivity index (χ0) is 21.6. The van der Waals surface area contributed by atoms with Crippen LogP contribution in [0.3, 0.4) is 0 Å². The van der Waals surface area contributed by atoms with E-state index in [9.17, 15) is 9.59 Å². The smallest absolute Gasteiger partial charge is 0.317 e. The van der Waals surface area contributed by atoms with Crippen LogP contribution in [0.25, 0.3) is 16.9 Å². The molecule has 1 aliphatic heterocycles. The maximum absolute atomic E-state index is 12.7. The van der Waals surface area contributed by atoms with Crippen LogP contribution in [-0.2, 0) is 17.8 Å². The molecular weight excluding hydrogens is 394 g/mol. The van der Waals surface area contributed by atoms with E-state index in [0.29, 0.717) is 32.0 Å². The number of carboxylic acid groups (broad SMARTS) is 1. The number of carboxylic acids is 1. The number of aliphatic carboxylic acids is 1. The van der Waals surface area contributed by atoms with Crippen LogP contribution in [0.15, 0.2) is 42.7 Å². The standard InChI is InChI=1S/C23H27N5O3/c29-21(30)10-3-1-2-6-12-26-23(31)27-15-11-20-18(16-27)17-8-4-5-9-19(17)28(20)22-24-13-7-14-25-22/h4-5,7-9,13-14H,1-3,6,10-12,15-16H2,(H,26,31)(H,29,30). The monoisotopic (exact) mass is 421 g/mol. The zero-order valence-corrected chi connectivity index (χ0v) is 17.5. The number of rotatable bonds is 8. The molecule has 2 amide bonds. The lowest BCUT2D eigenvalue weighted by molar-refractivity contribution is -0.137. The van der Waals surface area contributed by atoms with Gasteiger partial charge in [-0.2, -0.15) is 0 Å². The largest absolute Gasteiger partial charge is 0.481 e. The minimum atomic E-state index is -0.752. The Morgan fingerprint density at radius 3 is 2.61 bits per heavy atom. The van der Waals surface area contributed by atoms with E-state index < -0.39 is 5.97 Å². The second kappa shape index (κ2) is 9.59.